The fraction of sp³-hybridized carbons (Fsp3) is 0.154. The van der Waals surface area contributed by atoms with Crippen molar-refractivity contribution in [3.05, 3.63) is 82.4 Å². The van der Waals surface area contributed by atoms with E-state index in [9.17, 15) is 18.5 Å². The van der Waals surface area contributed by atoms with Crippen molar-refractivity contribution in [2.75, 3.05) is 19.0 Å². The first-order chi connectivity index (χ1) is 17.2. The average molecular weight is 527 g/mol. The van der Waals surface area contributed by atoms with Gasteiger partial charge in [-0.15, -0.1) is 0 Å². The van der Waals surface area contributed by atoms with E-state index in [4.69, 9.17) is 25.3 Å². The number of hydrogen-bond acceptors (Lipinski definition) is 7. The van der Waals surface area contributed by atoms with Gasteiger partial charge in [-0.25, -0.2) is 0 Å². The fourth-order valence-corrected chi connectivity index (χ4v) is 4.33. The van der Waals surface area contributed by atoms with Gasteiger partial charge in [-0.3, -0.25) is 4.79 Å². The summed E-state index contributed by atoms with van der Waals surface area (Å²) in [5.41, 5.74) is 1.50. The monoisotopic (exact) mass is 526 g/mol. The first-order valence-corrected chi connectivity index (χ1v) is 12.5. The quantitative estimate of drug-likeness (QED) is 0.226. The number of amides is 1. The van der Waals surface area contributed by atoms with E-state index in [1.807, 2.05) is 13.0 Å². The summed E-state index contributed by atoms with van der Waals surface area (Å²) in [6.45, 7) is 3.73. The fourth-order valence-electron chi connectivity index (χ4n) is 3.07. The highest BCUT2D eigenvalue weighted by atomic mass is 35.5. The number of carbonyl (C=O) groups is 1. The van der Waals surface area contributed by atoms with Gasteiger partial charge in [-0.1, -0.05) is 29.3 Å². The smallest absolute Gasteiger partial charge is 0.339 e. The number of nitrogens with one attached hydrogen (secondary N) is 1. The molecule has 36 heavy (non-hydrogen) atoms. The van der Waals surface area contributed by atoms with Gasteiger partial charge in [0.25, 0.3) is 5.91 Å². The second-order valence-corrected chi connectivity index (χ2v) is 9.42. The molecule has 0 unspecified atom stereocenters. The van der Waals surface area contributed by atoms with Gasteiger partial charge >= 0.3 is 10.1 Å². The summed E-state index contributed by atoms with van der Waals surface area (Å²) >= 11 is 6.36. The van der Waals surface area contributed by atoms with Crippen LogP contribution in [0.5, 0.6) is 17.2 Å². The molecule has 0 aromatic heterocycles. The summed E-state index contributed by atoms with van der Waals surface area (Å²) in [4.78, 5) is 12.6. The Morgan fingerprint density at radius 3 is 2.36 bits per heavy atom. The van der Waals surface area contributed by atoms with Crippen LogP contribution >= 0.6 is 11.6 Å². The number of benzene rings is 3. The maximum Gasteiger partial charge on any atom is 0.339 e. The molecule has 0 saturated carbocycles. The molecule has 0 aliphatic heterocycles. The van der Waals surface area contributed by atoms with Crippen LogP contribution in [0, 0.1) is 18.3 Å². The highest BCUT2D eigenvalue weighted by Crippen LogP contribution is 2.39. The predicted molar refractivity (Wildman–Crippen MR) is 137 cm³/mol. The average Bonchev–Trinajstić information content (AvgIpc) is 2.85. The number of nitriles is 1. The van der Waals surface area contributed by atoms with Gasteiger partial charge in [0.15, 0.2) is 5.75 Å². The lowest BCUT2D eigenvalue weighted by Crippen LogP contribution is -2.13. The minimum atomic E-state index is -4.19. The first-order valence-electron chi connectivity index (χ1n) is 10.7. The van der Waals surface area contributed by atoms with Gasteiger partial charge in [0, 0.05) is 5.69 Å². The number of nitrogens with zero attached hydrogens (tertiary/aromatic N) is 1. The van der Waals surface area contributed by atoms with E-state index >= 15 is 0 Å². The van der Waals surface area contributed by atoms with Gasteiger partial charge in [0.05, 0.1) is 18.7 Å². The highest BCUT2D eigenvalue weighted by molar-refractivity contribution is 7.87. The van der Waals surface area contributed by atoms with Crippen LogP contribution in [-0.4, -0.2) is 28.0 Å². The summed E-state index contributed by atoms with van der Waals surface area (Å²) in [5.74, 6) is -0.176. The molecule has 0 fully saturated rings. The van der Waals surface area contributed by atoms with E-state index in [1.54, 1.807) is 43.3 Å². The third-order valence-electron chi connectivity index (χ3n) is 4.86. The third-order valence-corrected chi connectivity index (χ3v) is 6.37. The summed E-state index contributed by atoms with van der Waals surface area (Å²) in [6.07, 6.45) is 1.31. The van der Waals surface area contributed by atoms with Crippen molar-refractivity contribution in [1.82, 2.24) is 0 Å². The van der Waals surface area contributed by atoms with Gasteiger partial charge < -0.3 is 19.0 Å². The van der Waals surface area contributed by atoms with Crippen molar-refractivity contribution in [2.24, 2.45) is 0 Å². The van der Waals surface area contributed by atoms with Gasteiger partial charge in [-0.2, -0.15) is 13.7 Å². The lowest BCUT2D eigenvalue weighted by molar-refractivity contribution is -0.112. The maximum absolute atomic E-state index is 12.8. The molecular formula is C26H23ClN2O6S. The molecule has 0 atom stereocenters. The molecule has 8 nitrogen and oxygen atoms in total. The number of anilines is 1. The number of aryl methyl sites for hydroxylation is 1. The number of methoxy groups -OCH3 is 1. The van der Waals surface area contributed by atoms with E-state index in [0.717, 1.165) is 5.56 Å². The van der Waals surface area contributed by atoms with E-state index in [2.05, 4.69) is 5.32 Å². The molecule has 1 amide bonds. The van der Waals surface area contributed by atoms with Gasteiger partial charge in [-0.05, 0) is 74.0 Å². The van der Waals surface area contributed by atoms with Crippen LogP contribution in [0.1, 0.15) is 18.1 Å². The standard InChI is InChI=1S/C26H23ClN2O6S/c1-4-34-24-15-18(13-19(16-28)26(30)29-20-7-9-21(33-3)10-8-20)14-23(27)25(24)35-36(31,32)22-11-5-17(2)6-12-22/h5-15H,4H2,1-3H3,(H,29,30)/b19-13+. The summed E-state index contributed by atoms with van der Waals surface area (Å²) in [7, 11) is -2.66. The molecule has 3 rings (SSSR count). The Morgan fingerprint density at radius 1 is 1.11 bits per heavy atom. The topological polar surface area (TPSA) is 115 Å². The van der Waals surface area contributed by atoms with Crippen LogP contribution in [0.4, 0.5) is 5.69 Å². The molecule has 186 valence electrons. The molecule has 0 aliphatic rings. The zero-order chi connectivity index (χ0) is 26.3. The Kier molecular flexibility index (Phi) is 8.59. The summed E-state index contributed by atoms with van der Waals surface area (Å²) in [6, 6.07) is 17.4. The third kappa shape index (κ3) is 6.56. The summed E-state index contributed by atoms with van der Waals surface area (Å²) in [5, 5.41) is 12.1. The lowest BCUT2D eigenvalue weighted by atomic mass is 10.1. The SMILES string of the molecule is CCOc1cc(/C=C(\C#N)C(=O)Nc2ccc(OC)cc2)cc(Cl)c1OS(=O)(=O)c1ccc(C)cc1. The molecule has 0 bridgehead atoms. The number of carbonyl (C=O) groups excluding carboxylic acids is 1. The largest absolute Gasteiger partial charge is 0.497 e. The van der Waals surface area contributed by atoms with Crippen LogP contribution in [0.15, 0.2) is 71.1 Å². The molecule has 0 aliphatic carbocycles. The molecular weight excluding hydrogens is 504 g/mol. The Morgan fingerprint density at radius 2 is 1.78 bits per heavy atom. The molecule has 3 aromatic carbocycles. The number of hydrogen-bond donors (Lipinski definition) is 1. The van der Waals surface area contributed by atoms with E-state index in [0.29, 0.717) is 17.0 Å². The van der Waals surface area contributed by atoms with Crippen molar-refractivity contribution < 1.29 is 26.9 Å². The van der Waals surface area contributed by atoms with E-state index < -0.39 is 16.0 Å². The molecule has 10 heteroatoms. The predicted octanol–water partition coefficient (Wildman–Crippen LogP) is 5.37. The van der Waals surface area contributed by atoms with Crippen LogP contribution in [0.2, 0.25) is 5.02 Å². The van der Waals surface area contributed by atoms with Crippen molar-refractivity contribution >= 4 is 39.4 Å². The molecule has 0 radical (unpaired) electrons. The van der Waals surface area contributed by atoms with Crippen molar-refractivity contribution in [2.45, 2.75) is 18.7 Å². The van der Waals surface area contributed by atoms with Gasteiger partial charge in [0.1, 0.15) is 22.3 Å². The van der Waals surface area contributed by atoms with E-state index in [-0.39, 0.29) is 33.6 Å². The van der Waals surface area contributed by atoms with Crippen LogP contribution in [0.3, 0.4) is 0 Å². The lowest BCUT2D eigenvalue weighted by Gasteiger charge is -2.14. The summed E-state index contributed by atoms with van der Waals surface area (Å²) < 4.78 is 41.5. The first kappa shape index (κ1) is 26.6. The highest BCUT2D eigenvalue weighted by Gasteiger charge is 2.22. The number of rotatable bonds is 9. The molecule has 0 spiro atoms. The van der Waals surface area contributed by atoms with Crippen molar-refractivity contribution in [3.63, 3.8) is 0 Å². The minimum absolute atomic E-state index is 0.0415. The molecule has 3 aromatic rings. The Balaban J connectivity index is 1.91. The second kappa shape index (κ2) is 11.6. The Labute approximate surface area is 214 Å². The number of halogens is 1. The molecule has 1 N–H and O–H groups in total. The Bertz CT molecular complexity index is 1430. The minimum Gasteiger partial charge on any atom is -0.497 e. The normalized spacial score (nSPS) is 11.4. The van der Waals surface area contributed by atoms with Crippen molar-refractivity contribution in [1.29, 1.82) is 5.26 Å². The maximum atomic E-state index is 12.8. The second-order valence-electron chi connectivity index (χ2n) is 7.47. The van der Waals surface area contributed by atoms with Gasteiger partial charge in [0.2, 0.25) is 5.75 Å². The van der Waals surface area contributed by atoms with Crippen molar-refractivity contribution in [3.8, 4) is 23.3 Å². The zero-order valence-corrected chi connectivity index (χ0v) is 21.3. The molecule has 0 saturated heterocycles. The van der Waals surface area contributed by atoms with E-state index in [1.165, 1.54) is 37.5 Å². The van der Waals surface area contributed by atoms with Crippen LogP contribution in [0.25, 0.3) is 6.08 Å². The molecule has 0 heterocycles. The van der Waals surface area contributed by atoms with Crippen LogP contribution < -0.4 is 19.0 Å². The van der Waals surface area contributed by atoms with Crippen LogP contribution in [-0.2, 0) is 14.9 Å². The Hall–Kier alpha value is -4.00. The zero-order valence-electron chi connectivity index (χ0n) is 19.7. The number of ether oxygens (including phenoxy) is 2.